The molecule has 1 unspecified atom stereocenters. The Hall–Kier alpha value is -0.770. The molecule has 0 radical (unpaired) electrons. The molecule has 0 bridgehead atoms. The van der Waals surface area contributed by atoms with Crippen molar-refractivity contribution in [3.8, 4) is 0 Å². The highest BCUT2D eigenvalue weighted by molar-refractivity contribution is 6.20. The fourth-order valence-electron chi connectivity index (χ4n) is 3.44. The van der Waals surface area contributed by atoms with Crippen molar-refractivity contribution in [2.75, 3.05) is 24.9 Å². The van der Waals surface area contributed by atoms with E-state index in [1.807, 2.05) is 35.2 Å². The number of halogens is 2. The number of carbonyl (C=O) groups excluding carboxylic acids is 1. The summed E-state index contributed by atoms with van der Waals surface area (Å²) in [5, 5.41) is 0.174. The molecular weight excluding hydrogens is 331 g/mol. The standard InChI is InChI=1S/C18H26Cl2N2O/c1-21(2)17-13-14(20)7-6-10-16(17)22(18(23)11-12-19)15-8-4-3-5-9-15/h3-5,8-9,14,16-17H,6-7,10-13H2,1-2H3/t14?,16-,17+/m1/s1. The highest BCUT2D eigenvalue weighted by Gasteiger charge is 2.35. The van der Waals surface area contributed by atoms with Crippen molar-refractivity contribution in [3.05, 3.63) is 30.3 Å². The van der Waals surface area contributed by atoms with Crippen LogP contribution in [-0.4, -0.2) is 48.2 Å². The van der Waals surface area contributed by atoms with E-state index in [0.717, 1.165) is 31.4 Å². The number of carbonyl (C=O) groups is 1. The van der Waals surface area contributed by atoms with E-state index >= 15 is 0 Å². The van der Waals surface area contributed by atoms with Gasteiger partial charge in [-0.2, -0.15) is 0 Å². The third kappa shape index (κ3) is 4.85. The highest BCUT2D eigenvalue weighted by Crippen LogP contribution is 2.31. The lowest BCUT2D eigenvalue weighted by Crippen LogP contribution is -2.52. The van der Waals surface area contributed by atoms with E-state index in [9.17, 15) is 4.79 Å². The Kier molecular flexibility index (Phi) is 7.19. The highest BCUT2D eigenvalue weighted by atomic mass is 35.5. The van der Waals surface area contributed by atoms with E-state index in [4.69, 9.17) is 23.2 Å². The maximum Gasteiger partial charge on any atom is 0.228 e. The summed E-state index contributed by atoms with van der Waals surface area (Å²) in [6.07, 6.45) is 4.28. The van der Waals surface area contributed by atoms with Crippen LogP contribution in [0.4, 0.5) is 5.69 Å². The normalized spacial score (nSPS) is 25.2. The van der Waals surface area contributed by atoms with Crippen molar-refractivity contribution >= 4 is 34.8 Å². The van der Waals surface area contributed by atoms with Crippen molar-refractivity contribution in [2.24, 2.45) is 0 Å². The molecule has 0 spiro atoms. The van der Waals surface area contributed by atoms with Gasteiger partial charge in [0, 0.05) is 29.4 Å². The molecule has 1 aromatic rings. The Morgan fingerprint density at radius 2 is 1.87 bits per heavy atom. The number of likely N-dealkylation sites (N-methyl/N-ethyl adjacent to an activating group) is 1. The third-order valence-corrected chi connectivity index (χ3v) is 5.15. The number of benzene rings is 1. The molecule has 2 rings (SSSR count). The smallest absolute Gasteiger partial charge is 0.228 e. The van der Waals surface area contributed by atoms with E-state index < -0.39 is 0 Å². The van der Waals surface area contributed by atoms with Crippen molar-refractivity contribution < 1.29 is 4.79 Å². The predicted octanol–water partition coefficient (Wildman–Crippen LogP) is 4.13. The maximum absolute atomic E-state index is 12.8. The summed E-state index contributed by atoms with van der Waals surface area (Å²) in [6, 6.07) is 10.3. The Morgan fingerprint density at radius 3 is 2.48 bits per heavy atom. The third-order valence-electron chi connectivity index (χ3n) is 4.56. The van der Waals surface area contributed by atoms with Crippen LogP contribution < -0.4 is 4.90 Å². The van der Waals surface area contributed by atoms with Crippen LogP contribution in [0.3, 0.4) is 0 Å². The summed E-state index contributed by atoms with van der Waals surface area (Å²) < 4.78 is 0. The first-order valence-electron chi connectivity index (χ1n) is 8.28. The van der Waals surface area contributed by atoms with Crippen LogP contribution in [0, 0.1) is 0 Å². The summed E-state index contributed by atoms with van der Waals surface area (Å²) in [4.78, 5) is 17.0. The van der Waals surface area contributed by atoms with Crippen LogP contribution in [0.2, 0.25) is 0 Å². The van der Waals surface area contributed by atoms with Gasteiger partial charge in [-0.1, -0.05) is 18.2 Å². The summed E-state index contributed by atoms with van der Waals surface area (Å²) >= 11 is 12.3. The first-order valence-corrected chi connectivity index (χ1v) is 9.25. The second-order valence-corrected chi connectivity index (χ2v) is 7.40. The minimum absolute atomic E-state index is 0.0936. The van der Waals surface area contributed by atoms with E-state index in [1.54, 1.807) is 0 Å². The van der Waals surface area contributed by atoms with Crippen molar-refractivity contribution in [1.29, 1.82) is 0 Å². The molecule has 0 aliphatic heterocycles. The number of hydrogen-bond acceptors (Lipinski definition) is 2. The number of para-hydroxylation sites is 1. The van der Waals surface area contributed by atoms with Gasteiger partial charge in [-0.05, 0) is 51.9 Å². The minimum Gasteiger partial charge on any atom is -0.308 e. The number of nitrogens with zero attached hydrogens (tertiary/aromatic N) is 2. The molecule has 1 aromatic carbocycles. The van der Waals surface area contributed by atoms with Crippen molar-refractivity contribution in [2.45, 2.75) is 49.6 Å². The molecule has 1 aliphatic carbocycles. The first kappa shape index (κ1) is 18.6. The van der Waals surface area contributed by atoms with Crippen LogP contribution in [0.15, 0.2) is 30.3 Å². The summed E-state index contributed by atoms with van der Waals surface area (Å²) in [5.74, 6) is 0.440. The number of alkyl halides is 2. The van der Waals surface area contributed by atoms with Gasteiger partial charge in [-0.3, -0.25) is 4.79 Å². The molecule has 128 valence electrons. The molecule has 1 amide bonds. The first-order chi connectivity index (χ1) is 11.0. The van der Waals surface area contributed by atoms with E-state index in [-0.39, 0.29) is 23.4 Å². The number of amides is 1. The van der Waals surface area contributed by atoms with Gasteiger partial charge in [0.15, 0.2) is 0 Å². The Balaban J connectivity index is 2.36. The predicted molar refractivity (Wildman–Crippen MR) is 98.6 cm³/mol. The molecule has 0 aromatic heterocycles. The van der Waals surface area contributed by atoms with Gasteiger partial charge in [-0.25, -0.2) is 0 Å². The zero-order chi connectivity index (χ0) is 16.8. The molecule has 0 N–H and O–H groups in total. The van der Waals surface area contributed by atoms with E-state index in [0.29, 0.717) is 12.3 Å². The van der Waals surface area contributed by atoms with E-state index in [2.05, 4.69) is 19.0 Å². The fourth-order valence-corrected chi connectivity index (χ4v) is 3.94. The largest absolute Gasteiger partial charge is 0.308 e. The number of rotatable bonds is 5. The van der Waals surface area contributed by atoms with Gasteiger partial charge in [0.1, 0.15) is 0 Å². The molecule has 3 nitrogen and oxygen atoms in total. The van der Waals surface area contributed by atoms with Crippen LogP contribution in [0.25, 0.3) is 0 Å². The lowest BCUT2D eigenvalue weighted by atomic mass is 9.98. The monoisotopic (exact) mass is 356 g/mol. The molecule has 1 aliphatic rings. The Morgan fingerprint density at radius 1 is 1.17 bits per heavy atom. The second kappa shape index (κ2) is 8.91. The Bertz CT molecular complexity index is 495. The second-order valence-electron chi connectivity index (χ2n) is 6.40. The zero-order valence-electron chi connectivity index (χ0n) is 13.9. The van der Waals surface area contributed by atoms with Gasteiger partial charge in [0.25, 0.3) is 0 Å². The average Bonchev–Trinajstić information content (AvgIpc) is 2.71. The minimum atomic E-state index is 0.0936. The summed E-state index contributed by atoms with van der Waals surface area (Å²) in [6.45, 7) is 0. The topological polar surface area (TPSA) is 23.6 Å². The van der Waals surface area contributed by atoms with Gasteiger partial charge in [0.2, 0.25) is 5.91 Å². The SMILES string of the molecule is CN(C)[C@H]1CC(Cl)CCC[C@H]1N(C(=O)CCCl)c1ccccc1. The average molecular weight is 357 g/mol. The zero-order valence-corrected chi connectivity index (χ0v) is 15.4. The Labute approximate surface area is 149 Å². The van der Waals surface area contributed by atoms with Crippen LogP contribution in [0.5, 0.6) is 0 Å². The molecule has 0 saturated heterocycles. The molecule has 5 heteroatoms. The van der Waals surface area contributed by atoms with E-state index in [1.165, 1.54) is 0 Å². The van der Waals surface area contributed by atoms with Gasteiger partial charge >= 0.3 is 0 Å². The molecule has 1 saturated carbocycles. The van der Waals surface area contributed by atoms with Gasteiger partial charge < -0.3 is 9.80 Å². The van der Waals surface area contributed by atoms with Crippen LogP contribution >= 0.6 is 23.2 Å². The quantitative estimate of drug-likeness (QED) is 0.584. The number of hydrogen-bond donors (Lipinski definition) is 0. The fraction of sp³-hybridized carbons (Fsp3) is 0.611. The molecule has 3 atom stereocenters. The van der Waals surface area contributed by atoms with Crippen molar-refractivity contribution in [1.82, 2.24) is 4.90 Å². The lowest BCUT2D eigenvalue weighted by Gasteiger charge is -2.39. The van der Waals surface area contributed by atoms with Gasteiger partial charge in [0.05, 0.1) is 6.04 Å². The van der Waals surface area contributed by atoms with Crippen molar-refractivity contribution in [3.63, 3.8) is 0 Å². The summed E-state index contributed by atoms with van der Waals surface area (Å²) in [5.41, 5.74) is 0.951. The van der Waals surface area contributed by atoms with Crippen LogP contribution in [-0.2, 0) is 4.79 Å². The lowest BCUT2D eigenvalue weighted by molar-refractivity contribution is -0.119. The maximum atomic E-state index is 12.8. The molecule has 0 heterocycles. The number of anilines is 1. The van der Waals surface area contributed by atoms with Gasteiger partial charge in [-0.15, -0.1) is 23.2 Å². The molecule has 1 fully saturated rings. The van der Waals surface area contributed by atoms with Crippen LogP contribution in [0.1, 0.15) is 32.1 Å². The summed E-state index contributed by atoms with van der Waals surface area (Å²) in [7, 11) is 4.14. The molecule has 23 heavy (non-hydrogen) atoms. The molecular formula is C18H26Cl2N2O.